The van der Waals surface area contributed by atoms with Crippen LogP contribution in [-0.4, -0.2) is 15.3 Å². The van der Waals surface area contributed by atoms with Crippen molar-refractivity contribution in [3.8, 4) is 0 Å². The van der Waals surface area contributed by atoms with Gasteiger partial charge >= 0.3 is 0 Å². The molecule has 16 heavy (non-hydrogen) atoms. The molecular formula is C12H11BrN2O. The van der Waals surface area contributed by atoms with E-state index in [0.717, 1.165) is 10.0 Å². The Morgan fingerprint density at radius 1 is 1.44 bits per heavy atom. The van der Waals surface area contributed by atoms with Crippen molar-refractivity contribution in [2.75, 3.05) is 0 Å². The molecule has 0 unspecified atom stereocenters. The number of benzene rings is 1. The van der Waals surface area contributed by atoms with Gasteiger partial charge in [0.2, 0.25) is 5.78 Å². The fourth-order valence-corrected chi connectivity index (χ4v) is 1.90. The first-order valence-electron chi connectivity index (χ1n) is 4.88. The van der Waals surface area contributed by atoms with Crippen LogP contribution >= 0.6 is 15.9 Å². The zero-order chi connectivity index (χ0) is 11.7. The minimum absolute atomic E-state index is 0.0497. The summed E-state index contributed by atoms with van der Waals surface area (Å²) in [7, 11) is 1.81. The Morgan fingerprint density at radius 2 is 2.19 bits per heavy atom. The molecule has 2 rings (SSSR count). The fourth-order valence-electron chi connectivity index (χ4n) is 1.54. The lowest BCUT2D eigenvalue weighted by atomic mass is 10.0. The van der Waals surface area contributed by atoms with Crippen molar-refractivity contribution in [3.63, 3.8) is 0 Å². The predicted molar refractivity (Wildman–Crippen MR) is 65.5 cm³/mol. The van der Waals surface area contributed by atoms with E-state index in [2.05, 4.69) is 20.9 Å². The van der Waals surface area contributed by atoms with Crippen LogP contribution in [0.15, 0.2) is 35.1 Å². The molecule has 1 aromatic heterocycles. The largest absolute Gasteiger partial charge is 0.331 e. The molecule has 0 atom stereocenters. The van der Waals surface area contributed by atoms with Gasteiger partial charge in [-0.2, -0.15) is 0 Å². The lowest BCUT2D eigenvalue weighted by Crippen LogP contribution is -2.10. The summed E-state index contributed by atoms with van der Waals surface area (Å²) in [5.41, 5.74) is 1.64. The quantitative estimate of drug-likeness (QED) is 0.792. The molecule has 0 aliphatic rings. The van der Waals surface area contributed by atoms with Crippen molar-refractivity contribution in [1.82, 2.24) is 9.55 Å². The molecule has 3 nitrogen and oxygen atoms in total. The molecule has 0 spiro atoms. The number of nitrogens with zero attached hydrogens (tertiary/aromatic N) is 2. The van der Waals surface area contributed by atoms with Gasteiger partial charge < -0.3 is 4.57 Å². The third-order valence-electron chi connectivity index (χ3n) is 2.47. The van der Waals surface area contributed by atoms with Gasteiger partial charge in [0, 0.05) is 29.5 Å². The van der Waals surface area contributed by atoms with Crippen LogP contribution in [0.5, 0.6) is 0 Å². The SMILES string of the molecule is Cc1ccc(Br)cc1C(=O)c1nccn1C. The van der Waals surface area contributed by atoms with Gasteiger partial charge in [0.1, 0.15) is 0 Å². The first-order chi connectivity index (χ1) is 7.59. The summed E-state index contributed by atoms with van der Waals surface area (Å²) in [4.78, 5) is 16.3. The highest BCUT2D eigenvalue weighted by molar-refractivity contribution is 9.10. The number of halogens is 1. The number of aryl methyl sites for hydroxylation is 2. The van der Waals surface area contributed by atoms with Gasteiger partial charge in [-0.05, 0) is 24.6 Å². The Bertz CT molecular complexity index is 546. The van der Waals surface area contributed by atoms with Crippen LogP contribution in [0.4, 0.5) is 0 Å². The third kappa shape index (κ3) is 1.93. The number of carbonyl (C=O) groups excluding carboxylic acids is 1. The number of hydrogen-bond acceptors (Lipinski definition) is 2. The van der Waals surface area contributed by atoms with Gasteiger partial charge in [-0.25, -0.2) is 4.98 Å². The second kappa shape index (κ2) is 4.22. The number of aromatic nitrogens is 2. The number of ketones is 1. The summed E-state index contributed by atoms with van der Waals surface area (Å²) < 4.78 is 2.62. The molecule has 0 bridgehead atoms. The van der Waals surface area contributed by atoms with Gasteiger partial charge in [0.05, 0.1) is 0 Å². The lowest BCUT2D eigenvalue weighted by Gasteiger charge is -2.05. The van der Waals surface area contributed by atoms with Crippen molar-refractivity contribution in [2.24, 2.45) is 7.05 Å². The molecule has 2 aromatic rings. The molecule has 82 valence electrons. The van der Waals surface area contributed by atoms with Crippen molar-refractivity contribution in [2.45, 2.75) is 6.92 Å². The standard InChI is InChI=1S/C12H11BrN2O/c1-8-3-4-9(13)7-10(8)11(16)12-14-5-6-15(12)2/h3-7H,1-2H3. The van der Waals surface area contributed by atoms with Crippen LogP contribution < -0.4 is 0 Å². The molecule has 0 aliphatic heterocycles. The minimum Gasteiger partial charge on any atom is -0.331 e. The highest BCUT2D eigenvalue weighted by Gasteiger charge is 2.15. The summed E-state index contributed by atoms with van der Waals surface area (Å²) in [6.07, 6.45) is 3.39. The molecule has 4 heteroatoms. The number of carbonyl (C=O) groups is 1. The second-order valence-electron chi connectivity index (χ2n) is 3.65. The Morgan fingerprint density at radius 3 is 2.81 bits per heavy atom. The summed E-state index contributed by atoms with van der Waals surface area (Å²) in [6.45, 7) is 1.92. The number of rotatable bonds is 2. The van der Waals surface area contributed by atoms with Crippen LogP contribution in [0.2, 0.25) is 0 Å². The molecule has 0 aliphatic carbocycles. The maximum Gasteiger partial charge on any atom is 0.228 e. The van der Waals surface area contributed by atoms with E-state index >= 15 is 0 Å². The van der Waals surface area contributed by atoms with Crippen molar-refractivity contribution < 1.29 is 4.79 Å². The molecule has 0 amide bonds. The predicted octanol–water partition coefficient (Wildman–Crippen LogP) is 2.72. The van der Waals surface area contributed by atoms with E-state index in [1.165, 1.54) is 0 Å². The van der Waals surface area contributed by atoms with Crippen LogP contribution in [-0.2, 0) is 7.05 Å². The van der Waals surface area contributed by atoms with E-state index in [4.69, 9.17) is 0 Å². The van der Waals surface area contributed by atoms with E-state index in [9.17, 15) is 4.79 Å². The van der Waals surface area contributed by atoms with Gasteiger partial charge in [0.15, 0.2) is 5.82 Å². The monoisotopic (exact) mass is 278 g/mol. The molecule has 0 radical (unpaired) electrons. The first-order valence-corrected chi connectivity index (χ1v) is 5.67. The number of hydrogen-bond donors (Lipinski definition) is 0. The third-order valence-corrected chi connectivity index (χ3v) is 2.96. The van der Waals surface area contributed by atoms with Crippen LogP contribution in [0.25, 0.3) is 0 Å². The molecule has 0 fully saturated rings. The van der Waals surface area contributed by atoms with E-state index in [1.807, 2.05) is 32.2 Å². The summed E-state index contributed by atoms with van der Waals surface area (Å²) >= 11 is 3.37. The van der Waals surface area contributed by atoms with E-state index in [1.54, 1.807) is 17.0 Å². The zero-order valence-electron chi connectivity index (χ0n) is 9.07. The zero-order valence-corrected chi connectivity index (χ0v) is 10.7. The maximum atomic E-state index is 12.2. The van der Waals surface area contributed by atoms with E-state index in [0.29, 0.717) is 11.4 Å². The first kappa shape index (κ1) is 11.1. The second-order valence-corrected chi connectivity index (χ2v) is 4.57. The van der Waals surface area contributed by atoms with Gasteiger partial charge in [-0.15, -0.1) is 0 Å². The van der Waals surface area contributed by atoms with Gasteiger partial charge in [-0.1, -0.05) is 22.0 Å². The van der Waals surface area contributed by atoms with E-state index in [-0.39, 0.29) is 5.78 Å². The Balaban J connectivity index is 2.49. The van der Waals surface area contributed by atoms with Gasteiger partial charge in [-0.3, -0.25) is 4.79 Å². The van der Waals surface area contributed by atoms with Crippen molar-refractivity contribution in [3.05, 3.63) is 52.0 Å². The molecule has 0 saturated carbocycles. The Hall–Kier alpha value is -1.42. The fraction of sp³-hybridized carbons (Fsp3) is 0.167. The van der Waals surface area contributed by atoms with Crippen LogP contribution in [0.3, 0.4) is 0 Å². The summed E-state index contributed by atoms with van der Waals surface area (Å²) in [6, 6.07) is 5.66. The molecular weight excluding hydrogens is 268 g/mol. The average Bonchev–Trinajstić information content (AvgIpc) is 2.67. The van der Waals surface area contributed by atoms with Crippen molar-refractivity contribution >= 4 is 21.7 Å². The smallest absolute Gasteiger partial charge is 0.228 e. The van der Waals surface area contributed by atoms with Crippen molar-refractivity contribution in [1.29, 1.82) is 0 Å². The number of imidazole rings is 1. The molecule has 1 heterocycles. The maximum absolute atomic E-state index is 12.2. The normalized spacial score (nSPS) is 10.4. The van der Waals surface area contributed by atoms with Gasteiger partial charge in [0.25, 0.3) is 0 Å². The Kier molecular flexibility index (Phi) is 2.92. The van der Waals surface area contributed by atoms with E-state index < -0.39 is 0 Å². The summed E-state index contributed by atoms with van der Waals surface area (Å²) in [5, 5.41) is 0. The molecule has 0 N–H and O–H groups in total. The Labute approximate surface area is 102 Å². The minimum atomic E-state index is -0.0497. The summed E-state index contributed by atoms with van der Waals surface area (Å²) in [5.74, 6) is 0.410. The highest BCUT2D eigenvalue weighted by atomic mass is 79.9. The molecule has 0 saturated heterocycles. The lowest BCUT2D eigenvalue weighted by molar-refractivity contribution is 0.102. The topological polar surface area (TPSA) is 34.9 Å². The average molecular weight is 279 g/mol. The van der Waals surface area contributed by atoms with Crippen LogP contribution in [0.1, 0.15) is 21.7 Å². The highest BCUT2D eigenvalue weighted by Crippen LogP contribution is 2.18. The van der Waals surface area contributed by atoms with Crippen LogP contribution in [0, 0.1) is 6.92 Å². The molecule has 1 aromatic carbocycles.